The van der Waals surface area contributed by atoms with Crippen LogP contribution in [0.5, 0.6) is 0 Å². The van der Waals surface area contributed by atoms with Gasteiger partial charge in [0, 0.05) is 0 Å². The Kier molecular flexibility index (Phi) is 5.49. The normalized spacial score (nSPS) is 10.4. The largest absolute Gasteiger partial charge is 0.331 e. The Balaban J connectivity index is 2.06. The summed E-state index contributed by atoms with van der Waals surface area (Å²) < 4.78 is 0. The first-order valence-electron chi connectivity index (χ1n) is 7.42. The first-order valence-corrected chi connectivity index (χ1v) is 8.56. The molecule has 0 radical (unpaired) electrons. The number of para-hydroxylation sites is 3. The molecule has 0 bridgehead atoms. The SMILES string of the molecule is O=C(Nc1ccccc1Cl)N(c1ccccc1Cl)c1ccccc1Cl. The van der Waals surface area contributed by atoms with Gasteiger partial charge < -0.3 is 5.32 Å². The van der Waals surface area contributed by atoms with Crippen molar-refractivity contribution in [2.45, 2.75) is 0 Å². The Morgan fingerprint density at radius 3 is 1.60 bits per heavy atom. The molecule has 3 aromatic rings. The van der Waals surface area contributed by atoms with Gasteiger partial charge in [0.1, 0.15) is 0 Å². The average Bonchev–Trinajstić information content (AvgIpc) is 2.60. The molecule has 1 N–H and O–H groups in total. The van der Waals surface area contributed by atoms with E-state index in [2.05, 4.69) is 5.32 Å². The Hall–Kier alpha value is -2.20. The molecule has 0 saturated heterocycles. The summed E-state index contributed by atoms with van der Waals surface area (Å²) >= 11 is 18.8. The van der Waals surface area contributed by atoms with Crippen LogP contribution in [0, 0.1) is 0 Å². The number of anilines is 3. The van der Waals surface area contributed by atoms with Gasteiger partial charge in [-0.05, 0) is 36.4 Å². The first kappa shape index (κ1) is 17.6. The molecule has 3 aromatic carbocycles. The molecule has 6 heteroatoms. The van der Waals surface area contributed by atoms with Gasteiger partial charge in [0.2, 0.25) is 0 Å². The molecule has 0 aliphatic heterocycles. The molecule has 3 nitrogen and oxygen atoms in total. The van der Waals surface area contributed by atoms with Gasteiger partial charge in [0.15, 0.2) is 0 Å². The number of rotatable bonds is 3. The van der Waals surface area contributed by atoms with Crippen molar-refractivity contribution in [3.05, 3.63) is 87.9 Å². The third kappa shape index (κ3) is 3.90. The van der Waals surface area contributed by atoms with Crippen LogP contribution in [0.2, 0.25) is 15.1 Å². The Morgan fingerprint density at radius 1 is 0.680 bits per heavy atom. The van der Waals surface area contributed by atoms with E-state index in [1.165, 1.54) is 4.90 Å². The van der Waals surface area contributed by atoms with Gasteiger partial charge in [-0.25, -0.2) is 4.79 Å². The molecule has 0 atom stereocenters. The number of amides is 2. The predicted octanol–water partition coefficient (Wildman–Crippen LogP) is 7.02. The van der Waals surface area contributed by atoms with Gasteiger partial charge in [-0.15, -0.1) is 0 Å². The molecule has 0 aliphatic carbocycles. The minimum atomic E-state index is -0.422. The van der Waals surface area contributed by atoms with E-state index in [1.54, 1.807) is 72.8 Å². The average molecular weight is 392 g/mol. The van der Waals surface area contributed by atoms with Crippen LogP contribution in [0.3, 0.4) is 0 Å². The Labute approximate surface area is 160 Å². The molecule has 0 heterocycles. The van der Waals surface area contributed by atoms with E-state index < -0.39 is 6.03 Å². The van der Waals surface area contributed by atoms with Gasteiger partial charge in [-0.1, -0.05) is 71.2 Å². The number of urea groups is 1. The van der Waals surface area contributed by atoms with Gasteiger partial charge >= 0.3 is 6.03 Å². The Bertz CT molecular complexity index is 869. The van der Waals surface area contributed by atoms with Gasteiger partial charge in [-0.2, -0.15) is 0 Å². The second-order valence-corrected chi connectivity index (χ2v) is 6.37. The number of nitrogens with zero attached hydrogens (tertiary/aromatic N) is 1. The molecule has 2 amide bonds. The van der Waals surface area contributed by atoms with Crippen LogP contribution in [0.25, 0.3) is 0 Å². The maximum Gasteiger partial charge on any atom is 0.331 e. The number of carbonyl (C=O) groups is 1. The fourth-order valence-electron chi connectivity index (χ4n) is 2.35. The lowest BCUT2D eigenvalue weighted by molar-refractivity contribution is 0.259. The molecule has 3 rings (SSSR count). The fourth-order valence-corrected chi connectivity index (χ4v) is 2.97. The second kappa shape index (κ2) is 7.79. The molecule has 0 saturated carbocycles. The smallest absolute Gasteiger partial charge is 0.306 e. The van der Waals surface area contributed by atoms with Crippen molar-refractivity contribution in [3.63, 3.8) is 0 Å². The summed E-state index contributed by atoms with van der Waals surface area (Å²) in [7, 11) is 0. The molecular weight excluding hydrogens is 379 g/mol. The van der Waals surface area contributed by atoms with Gasteiger partial charge in [-0.3, -0.25) is 4.90 Å². The van der Waals surface area contributed by atoms with E-state index >= 15 is 0 Å². The van der Waals surface area contributed by atoms with Crippen molar-refractivity contribution in [1.29, 1.82) is 0 Å². The number of nitrogens with one attached hydrogen (secondary N) is 1. The van der Waals surface area contributed by atoms with Crippen LogP contribution >= 0.6 is 34.8 Å². The van der Waals surface area contributed by atoms with Crippen LogP contribution in [-0.2, 0) is 0 Å². The summed E-state index contributed by atoms with van der Waals surface area (Å²) in [6.07, 6.45) is 0. The number of benzene rings is 3. The monoisotopic (exact) mass is 390 g/mol. The zero-order chi connectivity index (χ0) is 17.8. The highest BCUT2D eigenvalue weighted by Gasteiger charge is 2.23. The molecule has 0 aliphatic rings. The summed E-state index contributed by atoms with van der Waals surface area (Å²) in [5.74, 6) is 0. The van der Waals surface area contributed by atoms with Crippen LogP contribution in [-0.4, -0.2) is 6.03 Å². The third-order valence-corrected chi connectivity index (χ3v) is 4.47. The van der Waals surface area contributed by atoms with Crippen molar-refractivity contribution in [2.75, 3.05) is 10.2 Å². The van der Waals surface area contributed by atoms with Gasteiger partial charge in [0.05, 0.1) is 32.1 Å². The predicted molar refractivity (Wildman–Crippen MR) is 106 cm³/mol. The quantitative estimate of drug-likeness (QED) is 0.511. The van der Waals surface area contributed by atoms with E-state index in [0.29, 0.717) is 32.1 Å². The second-order valence-electron chi connectivity index (χ2n) is 5.15. The van der Waals surface area contributed by atoms with E-state index in [-0.39, 0.29) is 0 Å². The summed E-state index contributed by atoms with van der Waals surface area (Å²) in [5.41, 5.74) is 1.53. The van der Waals surface area contributed by atoms with Crippen LogP contribution < -0.4 is 10.2 Å². The molecule has 0 aromatic heterocycles. The van der Waals surface area contributed by atoms with Crippen molar-refractivity contribution in [2.24, 2.45) is 0 Å². The maximum absolute atomic E-state index is 13.0. The number of carbonyl (C=O) groups excluding carboxylic acids is 1. The summed E-state index contributed by atoms with van der Waals surface area (Å²) in [6.45, 7) is 0. The van der Waals surface area contributed by atoms with Crippen LogP contribution in [0.15, 0.2) is 72.8 Å². The topological polar surface area (TPSA) is 32.3 Å². The van der Waals surface area contributed by atoms with E-state index in [4.69, 9.17) is 34.8 Å². The molecule has 0 fully saturated rings. The molecule has 0 spiro atoms. The summed E-state index contributed by atoms with van der Waals surface area (Å²) in [5, 5.41) is 4.09. The summed E-state index contributed by atoms with van der Waals surface area (Å²) in [4.78, 5) is 14.4. The van der Waals surface area contributed by atoms with E-state index in [1.807, 2.05) is 0 Å². The summed E-state index contributed by atoms with van der Waals surface area (Å²) in [6, 6.07) is 20.7. The number of hydrogen-bond donors (Lipinski definition) is 1. The highest BCUT2D eigenvalue weighted by Crippen LogP contribution is 2.36. The minimum absolute atomic E-state index is 0.422. The lowest BCUT2D eigenvalue weighted by Gasteiger charge is -2.25. The standard InChI is InChI=1S/C19H13Cl3N2O/c20-13-7-1-4-10-16(13)23-19(25)24(17-11-5-2-8-14(17)21)18-12-6-3-9-15(18)22/h1-12H,(H,23,25). The zero-order valence-corrected chi connectivity index (χ0v) is 15.2. The number of halogens is 3. The third-order valence-electron chi connectivity index (χ3n) is 3.51. The highest BCUT2D eigenvalue weighted by atomic mass is 35.5. The first-order chi connectivity index (χ1) is 12.1. The molecule has 25 heavy (non-hydrogen) atoms. The van der Waals surface area contributed by atoms with Crippen LogP contribution in [0.1, 0.15) is 0 Å². The van der Waals surface area contributed by atoms with Gasteiger partial charge in [0.25, 0.3) is 0 Å². The van der Waals surface area contributed by atoms with E-state index in [9.17, 15) is 4.79 Å². The van der Waals surface area contributed by atoms with Crippen molar-refractivity contribution in [1.82, 2.24) is 0 Å². The molecule has 126 valence electrons. The highest BCUT2D eigenvalue weighted by molar-refractivity contribution is 6.37. The lowest BCUT2D eigenvalue weighted by Crippen LogP contribution is -2.31. The molecular formula is C19H13Cl3N2O. The lowest BCUT2D eigenvalue weighted by atomic mass is 10.2. The number of hydrogen-bond acceptors (Lipinski definition) is 1. The minimum Gasteiger partial charge on any atom is -0.306 e. The zero-order valence-electron chi connectivity index (χ0n) is 12.9. The van der Waals surface area contributed by atoms with Crippen LogP contribution in [0.4, 0.5) is 21.9 Å². The molecule has 0 unspecified atom stereocenters. The Morgan fingerprint density at radius 2 is 1.12 bits per heavy atom. The van der Waals surface area contributed by atoms with Crippen molar-refractivity contribution < 1.29 is 4.79 Å². The van der Waals surface area contributed by atoms with Crippen molar-refractivity contribution >= 4 is 57.9 Å². The van der Waals surface area contributed by atoms with E-state index in [0.717, 1.165) is 0 Å². The fraction of sp³-hybridized carbons (Fsp3) is 0. The van der Waals surface area contributed by atoms with Crippen molar-refractivity contribution in [3.8, 4) is 0 Å². The maximum atomic E-state index is 13.0.